The van der Waals surface area contributed by atoms with Crippen molar-refractivity contribution < 1.29 is 9.84 Å². The number of aryl methyl sites for hydroxylation is 2. The lowest BCUT2D eigenvalue weighted by atomic mass is 9.98. The summed E-state index contributed by atoms with van der Waals surface area (Å²) in [6.45, 7) is 0. The highest BCUT2D eigenvalue weighted by molar-refractivity contribution is 5.40. The monoisotopic (exact) mass is 280 g/mol. The molecule has 2 heteroatoms. The average molecular weight is 280 g/mol. The first kappa shape index (κ1) is 12.9. The number of aliphatic hydroxyl groups is 1. The highest BCUT2D eigenvalue weighted by Crippen LogP contribution is 2.30. The van der Waals surface area contributed by atoms with Crippen molar-refractivity contribution in [3.05, 3.63) is 64.7 Å². The lowest BCUT2D eigenvalue weighted by Gasteiger charge is -2.14. The number of hydrogen-bond donors (Lipinski definition) is 1. The summed E-state index contributed by atoms with van der Waals surface area (Å²) < 4.78 is 5.74. The van der Waals surface area contributed by atoms with E-state index in [-0.39, 0.29) is 0 Å². The topological polar surface area (TPSA) is 29.5 Å². The third-order valence-electron chi connectivity index (χ3n) is 4.46. The van der Waals surface area contributed by atoms with Crippen molar-refractivity contribution in [1.29, 1.82) is 0 Å². The Morgan fingerprint density at radius 3 is 2.38 bits per heavy atom. The Morgan fingerprint density at radius 2 is 1.62 bits per heavy atom. The molecule has 0 amide bonds. The van der Waals surface area contributed by atoms with Crippen LogP contribution in [0.2, 0.25) is 0 Å². The molecule has 0 heterocycles. The molecule has 1 saturated carbocycles. The van der Waals surface area contributed by atoms with Crippen LogP contribution >= 0.6 is 0 Å². The first-order valence-electron chi connectivity index (χ1n) is 7.86. The van der Waals surface area contributed by atoms with Crippen LogP contribution < -0.4 is 4.74 Å². The summed E-state index contributed by atoms with van der Waals surface area (Å²) in [5, 5.41) is 10.6. The van der Waals surface area contributed by atoms with Crippen LogP contribution in [0.5, 0.6) is 5.75 Å². The van der Waals surface area contributed by atoms with Crippen molar-refractivity contribution >= 4 is 0 Å². The molecule has 0 aliphatic heterocycles. The minimum Gasteiger partial charge on any atom is -0.490 e. The molecule has 1 atom stereocenters. The molecule has 2 aliphatic rings. The molecule has 108 valence electrons. The molecule has 0 radical (unpaired) electrons. The Hall–Kier alpha value is -1.80. The first-order chi connectivity index (χ1) is 10.3. The van der Waals surface area contributed by atoms with Gasteiger partial charge in [-0.25, -0.2) is 0 Å². The minimum absolute atomic E-state index is 0.414. The zero-order chi connectivity index (χ0) is 14.2. The van der Waals surface area contributed by atoms with Gasteiger partial charge in [0.2, 0.25) is 0 Å². The van der Waals surface area contributed by atoms with Crippen molar-refractivity contribution in [3.8, 4) is 5.75 Å². The summed E-state index contributed by atoms with van der Waals surface area (Å²) in [6.07, 6.45) is 5.76. The fourth-order valence-corrected chi connectivity index (χ4v) is 3.06. The maximum absolute atomic E-state index is 10.6. The molecule has 2 aromatic rings. The molecular formula is C19H20O2. The standard InChI is InChI=1S/C19H20O2/c20-19(16-5-4-13-2-1-3-15(13)12-16)14-6-8-17(9-7-14)21-18-10-11-18/h4-9,12,18-20H,1-3,10-11H2. The van der Waals surface area contributed by atoms with Gasteiger partial charge in [-0.3, -0.25) is 0 Å². The van der Waals surface area contributed by atoms with Crippen LogP contribution in [0.15, 0.2) is 42.5 Å². The second-order valence-electron chi connectivity index (χ2n) is 6.17. The molecule has 2 aromatic carbocycles. The second-order valence-corrected chi connectivity index (χ2v) is 6.17. The van der Waals surface area contributed by atoms with E-state index in [1.165, 1.54) is 36.8 Å². The lowest BCUT2D eigenvalue weighted by Crippen LogP contribution is -2.01. The smallest absolute Gasteiger partial charge is 0.119 e. The summed E-state index contributed by atoms with van der Waals surface area (Å²) >= 11 is 0. The zero-order valence-electron chi connectivity index (χ0n) is 12.1. The molecule has 1 unspecified atom stereocenters. The summed E-state index contributed by atoms with van der Waals surface area (Å²) in [7, 11) is 0. The van der Waals surface area contributed by atoms with Gasteiger partial charge < -0.3 is 9.84 Å². The zero-order valence-corrected chi connectivity index (χ0v) is 12.1. The van der Waals surface area contributed by atoms with E-state index in [4.69, 9.17) is 4.74 Å². The highest BCUT2D eigenvalue weighted by Gasteiger charge is 2.23. The van der Waals surface area contributed by atoms with Crippen molar-refractivity contribution in [2.24, 2.45) is 0 Å². The predicted octanol–water partition coefficient (Wildman–Crippen LogP) is 3.80. The molecule has 0 aromatic heterocycles. The van der Waals surface area contributed by atoms with Crippen LogP contribution in [0.3, 0.4) is 0 Å². The van der Waals surface area contributed by atoms with Crippen LogP contribution in [0.4, 0.5) is 0 Å². The number of rotatable bonds is 4. The third-order valence-corrected chi connectivity index (χ3v) is 4.46. The summed E-state index contributed by atoms with van der Waals surface area (Å²) in [6, 6.07) is 14.3. The number of hydrogen-bond acceptors (Lipinski definition) is 2. The first-order valence-corrected chi connectivity index (χ1v) is 7.86. The van der Waals surface area contributed by atoms with Crippen molar-refractivity contribution in [3.63, 3.8) is 0 Å². The predicted molar refractivity (Wildman–Crippen MR) is 82.6 cm³/mol. The summed E-state index contributed by atoms with van der Waals surface area (Å²) in [4.78, 5) is 0. The van der Waals surface area contributed by atoms with Gasteiger partial charge in [-0.2, -0.15) is 0 Å². The van der Waals surface area contributed by atoms with Crippen LogP contribution in [0, 0.1) is 0 Å². The van der Waals surface area contributed by atoms with Gasteiger partial charge in [-0.05, 0) is 66.5 Å². The van der Waals surface area contributed by atoms with E-state index in [0.717, 1.165) is 23.3 Å². The second kappa shape index (κ2) is 5.19. The lowest BCUT2D eigenvalue weighted by molar-refractivity contribution is 0.220. The van der Waals surface area contributed by atoms with Crippen LogP contribution in [0.1, 0.15) is 47.6 Å². The Labute approximate surface area is 125 Å². The quantitative estimate of drug-likeness (QED) is 0.923. The van der Waals surface area contributed by atoms with E-state index in [0.29, 0.717) is 6.10 Å². The van der Waals surface area contributed by atoms with Crippen LogP contribution in [0.25, 0.3) is 0 Å². The molecule has 1 fully saturated rings. The Bertz CT molecular complexity index is 641. The van der Waals surface area contributed by atoms with E-state index in [9.17, 15) is 5.11 Å². The maximum atomic E-state index is 10.6. The number of ether oxygens (including phenoxy) is 1. The van der Waals surface area contributed by atoms with Crippen molar-refractivity contribution in [1.82, 2.24) is 0 Å². The van der Waals surface area contributed by atoms with Gasteiger partial charge >= 0.3 is 0 Å². The molecule has 1 N–H and O–H groups in total. The van der Waals surface area contributed by atoms with Gasteiger partial charge in [0.25, 0.3) is 0 Å². The number of aliphatic hydroxyl groups excluding tert-OH is 1. The van der Waals surface area contributed by atoms with E-state index >= 15 is 0 Å². The van der Waals surface area contributed by atoms with Gasteiger partial charge in [0.15, 0.2) is 0 Å². The Kier molecular flexibility index (Phi) is 3.19. The molecule has 0 bridgehead atoms. The van der Waals surface area contributed by atoms with Gasteiger partial charge in [-0.15, -0.1) is 0 Å². The number of benzene rings is 2. The fourth-order valence-electron chi connectivity index (χ4n) is 3.06. The Balaban J connectivity index is 1.54. The van der Waals surface area contributed by atoms with Crippen LogP contribution in [-0.2, 0) is 12.8 Å². The molecule has 2 nitrogen and oxygen atoms in total. The minimum atomic E-state index is -0.550. The summed E-state index contributed by atoms with van der Waals surface area (Å²) in [5.74, 6) is 0.905. The van der Waals surface area contributed by atoms with Gasteiger partial charge in [-0.1, -0.05) is 30.3 Å². The van der Waals surface area contributed by atoms with E-state index < -0.39 is 6.10 Å². The molecule has 0 saturated heterocycles. The highest BCUT2D eigenvalue weighted by atomic mass is 16.5. The van der Waals surface area contributed by atoms with Crippen LogP contribution in [-0.4, -0.2) is 11.2 Å². The van der Waals surface area contributed by atoms with E-state index in [2.05, 4.69) is 18.2 Å². The van der Waals surface area contributed by atoms with E-state index in [1.807, 2.05) is 24.3 Å². The molecule has 4 rings (SSSR count). The van der Waals surface area contributed by atoms with Crippen molar-refractivity contribution in [2.75, 3.05) is 0 Å². The normalized spacial score (nSPS) is 18.3. The fraction of sp³-hybridized carbons (Fsp3) is 0.368. The number of fused-ring (bicyclic) bond motifs is 1. The third kappa shape index (κ3) is 2.68. The largest absolute Gasteiger partial charge is 0.490 e. The van der Waals surface area contributed by atoms with E-state index in [1.54, 1.807) is 0 Å². The Morgan fingerprint density at radius 1 is 0.905 bits per heavy atom. The SMILES string of the molecule is OC(c1ccc(OC2CC2)cc1)c1ccc2c(c1)CCC2. The summed E-state index contributed by atoms with van der Waals surface area (Å²) in [5.41, 5.74) is 4.77. The molecule has 2 aliphatic carbocycles. The van der Waals surface area contributed by atoms with Gasteiger partial charge in [0.05, 0.1) is 6.10 Å². The molecule has 0 spiro atoms. The molecular weight excluding hydrogens is 260 g/mol. The molecule has 21 heavy (non-hydrogen) atoms. The van der Waals surface area contributed by atoms with Gasteiger partial charge in [0.1, 0.15) is 11.9 Å². The average Bonchev–Trinajstić information content (AvgIpc) is 3.21. The van der Waals surface area contributed by atoms with Gasteiger partial charge in [0, 0.05) is 0 Å². The maximum Gasteiger partial charge on any atom is 0.119 e. The van der Waals surface area contributed by atoms with Crippen molar-refractivity contribution in [2.45, 2.75) is 44.3 Å².